The molecule has 1 saturated carbocycles. The molecule has 2 atom stereocenters. The number of piperidine rings is 1. The smallest absolute Gasteiger partial charge is 0.233 e. The number of amides is 2. The Labute approximate surface area is 94.1 Å². The second kappa shape index (κ2) is 3.34. The summed E-state index contributed by atoms with van der Waals surface area (Å²) in [5, 5.41) is 0. The van der Waals surface area contributed by atoms with Crippen LogP contribution in [0.1, 0.15) is 13.8 Å². The summed E-state index contributed by atoms with van der Waals surface area (Å²) < 4.78 is 0. The Morgan fingerprint density at radius 2 is 1.80 bits per heavy atom. The largest absolute Gasteiger partial charge is 0.278 e. The summed E-state index contributed by atoms with van der Waals surface area (Å²) in [6, 6.07) is 0. The van der Waals surface area contributed by atoms with Crippen molar-refractivity contribution in [1.82, 2.24) is 4.90 Å². The zero-order valence-electron chi connectivity index (χ0n) is 8.87. The first-order valence-electron chi connectivity index (χ1n) is 5.08. The summed E-state index contributed by atoms with van der Waals surface area (Å²) in [4.78, 5) is 24.9. The highest BCUT2D eigenvalue weighted by Crippen LogP contribution is 2.63. The number of halogens is 1. The summed E-state index contributed by atoms with van der Waals surface area (Å²) in [6.07, 6.45) is 3.51. The third-order valence-electron chi connectivity index (χ3n) is 3.44. The van der Waals surface area contributed by atoms with Crippen molar-refractivity contribution < 1.29 is 9.59 Å². The fourth-order valence-corrected chi connectivity index (χ4v) is 2.55. The monoisotopic (exact) mass is 227 g/mol. The van der Waals surface area contributed by atoms with Crippen LogP contribution >= 0.6 is 11.6 Å². The number of alkyl halides is 1. The van der Waals surface area contributed by atoms with E-state index in [9.17, 15) is 9.59 Å². The molecule has 4 heteroatoms. The van der Waals surface area contributed by atoms with Crippen LogP contribution in [0, 0.1) is 17.3 Å². The molecular weight excluding hydrogens is 214 g/mol. The van der Waals surface area contributed by atoms with Gasteiger partial charge >= 0.3 is 0 Å². The van der Waals surface area contributed by atoms with Gasteiger partial charge in [-0.1, -0.05) is 26.0 Å². The molecule has 0 aromatic carbocycles. The number of hydrogen-bond donors (Lipinski definition) is 0. The van der Waals surface area contributed by atoms with Crippen molar-refractivity contribution in [2.24, 2.45) is 17.3 Å². The Balaban J connectivity index is 2.04. The van der Waals surface area contributed by atoms with Crippen molar-refractivity contribution >= 4 is 23.4 Å². The van der Waals surface area contributed by atoms with Gasteiger partial charge in [0.25, 0.3) is 0 Å². The predicted molar refractivity (Wildman–Crippen MR) is 57.3 cm³/mol. The van der Waals surface area contributed by atoms with Crippen LogP contribution in [0.15, 0.2) is 12.2 Å². The standard InChI is InChI=1S/C11H14ClNO2/c1-11(2)7-8(11)10(15)13(9(7)14)6-4-3-5-12/h3-4,7-8H,5-6H2,1-2H3/b4-3+. The van der Waals surface area contributed by atoms with Crippen molar-refractivity contribution in [3.05, 3.63) is 12.2 Å². The Morgan fingerprint density at radius 3 is 2.27 bits per heavy atom. The van der Waals surface area contributed by atoms with Gasteiger partial charge in [-0.25, -0.2) is 0 Å². The molecule has 2 amide bonds. The molecule has 0 N–H and O–H groups in total. The predicted octanol–water partition coefficient (Wildman–Crippen LogP) is 1.42. The molecule has 1 saturated heterocycles. The zero-order chi connectivity index (χ0) is 11.2. The van der Waals surface area contributed by atoms with E-state index in [0.29, 0.717) is 12.4 Å². The van der Waals surface area contributed by atoms with Gasteiger partial charge < -0.3 is 0 Å². The van der Waals surface area contributed by atoms with Gasteiger partial charge in [-0.3, -0.25) is 14.5 Å². The number of allylic oxidation sites excluding steroid dienone is 1. The molecule has 0 radical (unpaired) electrons. The van der Waals surface area contributed by atoms with E-state index in [4.69, 9.17) is 11.6 Å². The summed E-state index contributed by atoms with van der Waals surface area (Å²) >= 11 is 5.47. The van der Waals surface area contributed by atoms with Crippen LogP contribution in [0.5, 0.6) is 0 Å². The van der Waals surface area contributed by atoms with Crippen molar-refractivity contribution in [2.45, 2.75) is 13.8 Å². The minimum absolute atomic E-state index is 0.0192. The quantitative estimate of drug-likeness (QED) is 0.416. The van der Waals surface area contributed by atoms with E-state index in [1.807, 2.05) is 13.8 Å². The lowest BCUT2D eigenvalue weighted by atomic mass is 10.1. The lowest BCUT2D eigenvalue weighted by Gasteiger charge is -2.18. The van der Waals surface area contributed by atoms with Gasteiger partial charge in [-0.2, -0.15) is 0 Å². The molecule has 2 unspecified atom stereocenters. The van der Waals surface area contributed by atoms with E-state index in [1.165, 1.54) is 4.90 Å². The topological polar surface area (TPSA) is 37.4 Å². The van der Waals surface area contributed by atoms with Crippen LogP contribution in [0.4, 0.5) is 0 Å². The first-order chi connectivity index (χ1) is 7.01. The maximum Gasteiger partial charge on any atom is 0.233 e. The number of hydrogen-bond acceptors (Lipinski definition) is 2. The Morgan fingerprint density at radius 1 is 1.27 bits per heavy atom. The number of imide groups is 1. The number of rotatable bonds is 3. The summed E-state index contributed by atoms with van der Waals surface area (Å²) in [5.41, 5.74) is -0.110. The number of fused-ring (bicyclic) bond motifs is 1. The van der Waals surface area contributed by atoms with E-state index in [-0.39, 0.29) is 29.1 Å². The zero-order valence-corrected chi connectivity index (χ0v) is 9.62. The molecule has 2 fully saturated rings. The van der Waals surface area contributed by atoms with Crippen LogP contribution < -0.4 is 0 Å². The SMILES string of the molecule is CC1(C)C2C(=O)N(C/C=C/CCl)C(=O)C21. The molecule has 0 aromatic rings. The van der Waals surface area contributed by atoms with Crippen LogP contribution in [-0.4, -0.2) is 29.1 Å². The average Bonchev–Trinajstić information content (AvgIpc) is 2.63. The second-order valence-electron chi connectivity index (χ2n) is 4.69. The van der Waals surface area contributed by atoms with Gasteiger partial charge in [0.2, 0.25) is 11.8 Å². The van der Waals surface area contributed by atoms with Gasteiger partial charge in [-0.05, 0) is 5.41 Å². The highest BCUT2D eigenvalue weighted by molar-refractivity contribution is 6.18. The highest BCUT2D eigenvalue weighted by Gasteiger charge is 2.72. The highest BCUT2D eigenvalue weighted by atomic mass is 35.5. The van der Waals surface area contributed by atoms with E-state index in [1.54, 1.807) is 12.2 Å². The third-order valence-corrected chi connectivity index (χ3v) is 3.61. The van der Waals surface area contributed by atoms with Gasteiger partial charge in [0.15, 0.2) is 0 Å². The second-order valence-corrected chi connectivity index (χ2v) is 5.00. The van der Waals surface area contributed by atoms with Gasteiger partial charge in [-0.15, -0.1) is 11.6 Å². The van der Waals surface area contributed by atoms with Crippen LogP contribution in [0.2, 0.25) is 0 Å². The fraction of sp³-hybridized carbons (Fsp3) is 0.636. The van der Waals surface area contributed by atoms with Crippen LogP contribution in [-0.2, 0) is 9.59 Å². The average molecular weight is 228 g/mol. The minimum atomic E-state index is -0.110. The molecule has 1 heterocycles. The Bertz CT molecular complexity index is 324. The first-order valence-corrected chi connectivity index (χ1v) is 5.61. The van der Waals surface area contributed by atoms with Gasteiger partial charge in [0, 0.05) is 12.4 Å². The Hall–Kier alpha value is -0.830. The molecule has 0 aromatic heterocycles. The van der Waals surface area contributed by atoms with E-state index in [0.717, 1.165) is 0 Å². The van der Waals surface area contributed by atoms with E-state index >= 15 is 0 Å². The van der Waals surface area contributed by atoms with Crippen LogP contribution in [0.25, 0.3) is 0 Å². The number of carbonyl (C=O) groups excluding carboxylic acids is 2. The third kappa shape index (κ3) is 1.41. The molecule has 0 bridgehead atoms. The Kier molecular flexibility index (Phi) is 2.38. The van der Waals surface area contributed by atoms with E-state index in [2.05, 4.69) is 0 Å². The molecule has 2 aliphatic rings. The van der Waals surface area contributed by atoms with Crippen LogP contribution in [0.3, 0.4) is 0 Å². The molecule has 3 nitrogen and oxygen atoms in total. The molecule has 15 heavy (non-hydrogen) atoms. The molecule has 1 aliphatic carbocycles. The lowest BCUT2D eigenvalue weighted by Crippen LogP contribution is -2.36. The van der Waals surface area contributed by atoms with Crippen molar-refractivity contribution in [3.8, 4) is 0 Å². The summed E-state index contributed by atoms with van der Waals surface area (Å²) in [7, 11) is 0. The summed E-state index contributed by atoms with van der Waals surface area (Å²) in [6.45, 7) is 4.32. The molecule has 0 spiro atoms. The molecule has 2 rings (SSSR count). The number of carbonyl (C=O) groups is 2. The molecule has 1 aliphatic heterocycles. The maximum absolute atomic E-state index is 11.8. The summed E-state index contributed by atoms with van der Waals surface area (Å²) in [5.74, 6) is 0.224. The first kappa shape index (κ1) is 10.7. The van der Waals surface area contributed by atoms with Crippen molar-refractivity contribution in [2.75, 3.05) is 12.4 Å². The minimum Gasteiger partial charge on any atom is -0.278 e. The number of nitrogens with zero attached hydrogens (tertiary/aromatic N) is 1. The van der Waals surface area contributed by atoms with Gasteiger partial charge in [0.1, 0.15) is 0 Å². The van der Waals surface area contributed by atoms with Gasteiger partial charge in [0.05, 0.1) is 11.8 Å². The lowest BCUT2D eigenvalue weighted by molar-refractivity contribution is -0.142. The number of likely N-dealkylation sites (tertiary alicyclic amines) is 1. The fourth-order valence-electron chi connectivity index (χ4n) is 2.43. The van der Waals surface area contributed by atoms with Crippen molar-refractivity contribution in [3.63, 3.8) is 0 Å². The molecule has 82 valence electrons. The van der Waals surface area contributed by atoms with E-state index < -0.39 is 0 Å². The van der Waals surface area contributed by atoms with Crippen molar-refractivity contribution in [1.29, 1.82) is 0 Å². The normalized spacial score (nSPS) is 32.6. The molecular formula is C11H14ClNO2. The maximum atomic E-state index is 11.8.